The van der Waals surface area contributed by atoms with Gasteiger partial charge in [-0.2, -0.15) is 5.10 Å². The van der Waals surface area contributed by atoms with E-state index < -0.39 is 0 Å². The first kappa shape index (κ1) is 17.8. The van der Waals surface area contributed by atoms with Crippen molar-refractivity contribution in [3.63, 3.8) is 0 Å². The van der Waals surface area contributed by atoms with Crippen molar-refractivity contribution in [2.75, 3.05) is 18.1 Å². The van der Waals surface area contributed by atoms with Gasteiger partial charge in [0.05, 0.1) is 18.3 Å². The number of aromatic hydroxyl groups is 1. The number of ether oxygens (including phenoxy) is 1. The van der Waals surface area contributed by atoms with Crippen molar-refractivity contribution in [2.45, 2.75) is 25.3 Å². The SMILES string of the molecule is Cn1cc(-c2ccc(-c3cc4c(nn3)N(C3CCOCC3)C(=O)C4)c(O)c2)cn1. The number of nitrogens with zero attached hydrogens (tertiary/aromatic N) is 5. The van der Waals surface area contributed by atoms with Crippen LogP contribution in [0.25, 0.3) is 22.4 Å². The van der Waals surface area contributed by atoms with E-state index in [1.165, 1.54) is 0 Å². The van der Waals surface area contributed by atoms with Gasteiger partial charge in [-0.15, -0.1) is 10.2 Å². The lowest BCUT2D eigenvalue weighted by Crippen LogP contribution is -2.41. The summed E-state index contributed by atoms with van der Waals surface area (Å²) >= 11 is 0. The number of benzene rings is 1. The molecule has 3 aromatic rings. The molecule has 2 aliphatic heterocycles. The number of phenols is 1. The van der Waals surface area contributed by atoms with E-state index in [1.54, 1.807) is 21.8 Å². The number of anilines is 1. The number of aromatic nitrogens is 4. The van der Waals surface area contributed by atoms with Crippen LogP contribution in [0, 0.1) is 0 Å². The fourth-order valence-electron chi connectivity index (χ4n) is 4.07. The molecule has 0 radical (unpaired) electrons. The second kappa shape index (κ2) is 6.97. The number of amides is 1. The van der Waals surface area contributed by atoms with E-state index in [0.717, 1.165) is 29.5 Å². The molecule has 0 aliphatic carbocycles. The maximum absolute atomic E-state index is 12.6. The maximum Gasteiger partial charge on any atom is 0.233 e. The van der Waals surface area contributed by atoms with E-state index in [9.17, 15) is 9.90 Å². The first-order valence-electron chi connectivity index (χ1n) is 9.69. The summed E-state index contributed by atoms with van der Waals surface area (Å²) < 4.78 is 7.12. The van der Waals surface area contributed by atoms with E-state index >= 15 is 0 Å². The van der Waals surface area contributed by atoms with Crippen LogP contribution in [0.5, 0.6) is 5.75 Å². The summed E-state index contributed by atoms with van der Waals surface area (Å²) in [6.45, 7) is 1.32. The minimum atomic E-state index is 0.0505. The van der Waals surface area contributed by atoms with Gasteiger partial charge in [0.25, 0.3) is 0 Å². The largest absolute Gasteiger partial charge is 0.507 e. The lowest BCUT2D eigenvalue weighted by molar-refractivity contribution is -0.118. The molecule has 4 heterocycles. The van der Waals surface area contributed by atoms with Crippen LogP contribution in [0.1, 0.15) is 18.4 Å². The third-order valence-corrected chi connectivity index (χ3v) is 5.56. The zero-order valence-electron chi connectivity index (χ0n) is 16.1. The van der Waals surface area contributed by atoms with Crippen LogP contribution in [0.15, 0.2) is 36.7 Å². The van der Waals surface area contributed by atoms with Crippen LogP contribution in [-0.4, -0.2) is 50.2 Å². The molecular weight excluding hydrogens is 370 g/mol. The second-order valence-electron chi connectivity index (χ2n) is 7.50. The van der Waals surface area contributed by atoms with E-state index in [2.05, 4.69) is 15.3 Å². The van der Waals surface area contributed by atoms with Crippen LogP contribution in [0.3, 0.4) is 0 Å². The molecule has 1 aromatic carbocycles. The summed E-state index contributed by atoms with van der Waals surface area (Å²) in [6.07, 6.45) is 5.57. The number of phenolic OH excluding ortho intramolecular Hbond substituents is 1. The normalized spacial score (nSPS) is 17.0. The van der Waals surface area contributed by atoms with Gasteiger partial charge >= 0.3 is 0 Å². The van der Waals surface area contributed by atoms with Crippen molar-refractivity contribution >= 4 is 11.7 Å². The quantitative estimate of drug-likeness (QED) is 0.737. The highest BCUT2D eigenvalue weighted by molar-refractivity contribution is 6.01. The predicted molar refractivity (Wildman–Crippen MR) is 106 cm³/mol. The monoisotopic (exact) mass is 391 g/mol. The van der Waals surface area contributed by atoms with Crippen LogP contribution in [-0.2, 0) is 23.0 Å². The zero-order chi connectivity index (χ0) is 20.0. The molecule has 1 fully saturated rings. The Morgan fingerprint density at radius 2 is 1.97 bits per heavy atom. The Morgan fingerprint density at radius 3 is 2.69 bits per heavy atom. The van der Waals surface area contributed by atoms with E-state index in [1.807, 2.05) is 31.4 Å². The van der Waals surface area contributed by atoms with Gasteiger partial charge in [-0.1, -0.05) is 6.07 Å². The molecule has 8 nitrogen and oxygen atoms in total. The first-order valence-corrected chi connectivity index (χ1v) is 9.69. The third kappa shape index (κ3) is 3.15. The van der Waals surface area contributed by atoms with E-state index in [-0.39, 0.29) is 17.7 Å². The van der Waals surface area contributed by atoms with Crippen molar-refractivity contribution in [3.05, 3.63) is 42.2 Å². The lowest BCUT2D eigenvalue weighted by atomic mass is 10.0. The Morgan fingerprint density at radius 1 is 1.14 bits per heavy atom. The summed E-state index contributed by atoms with van der Waals surface area (Å²) in [5.74, 6) is 0.804. The highest BCUT2D eigenvalue weighted by atomic mass is 16.5. The molecule has 0 unspecified atom stereocenters. The summed E-state index contributed by atoms with van der Waals surface area (Å²) in [5.41, 5.74) is 3.79. The third-order valence-electron chi connectivity index (χ3n) is 5.56. The number of rotatable bonds is 3. The molecule has 1 amide bonds. The minimum absolute atomic E-state index is 0.0505. The number of hydrogen-bond donors (Lipinski definition) is 1. The minimum Gasteiger partial charge on any atom is -0.507 e. The van der Waals surface area contributed by atoms with Crippen molar-refractivity contribution in [3.8, 4) is 28.1 Å². The second-order valence-corrected chi connectivity index (χ2v) is 7.50. The number of carbonyl (C=O) groups is 1. The molecule has 1 N–H and O–H groups in total. The summed E-state index contributed by atoms with van der Waals surface area (Å²) in [6, 6.07) is 7.41. The van der Waals surface area contributed by atoms with E-state index in [4.69, 9.17) is 4.74 Å². The Labute approximate surface area is 167 Å². The van der Waals surface area contributed by atoms with Crippen molar-refractivity contribution in [1.82, 2.24) is 20.0 Å². The molecule has 8 heteroatoms. The standard InChI is InChI=1S/C21H21N5O3/c1-25-12-15(11-22-25)13-2-3-17(19(27)9-13)18-8-14-10-20(28)26(21(14)24-23-18)16-4-6-29-7-5-16/h2-3,8-9,11-12,16,27H,4-7,10H2,1H3. The zero-order valence-corrected chi connectivity index (χ0v) is 16.1. The molecule has 5 rings (SSSR count). The topological polar surface area (TPSA) is 93.4 Å². The van der Waals surface area contributed by atoms with Crippen LogP contribution < -0.4 is 4.90 Å². The van der Waals surface area contributed by atoms with Gasteiger partial charge in [-0.25, -0.2) is 0 Å². The smallest absolute Gasteiger partial charge is 0.233 e. The van der Waals surface area contributed by atoms with Crippen LogP contribution >= 0.6 is 0 Å². The molecule has 29 heavy (non-hydrogen) atoms. The van der Waals surface area contributed by atoms with Gasteiger partial charge in [0.1, 0.15) is 5.75 Å². The highest BCUT2D eigenvalue weighted by Crippen LogP contribution is 2.36. The Bertz CT molecular complexity index is 1090. The Kier molecular flexibility index (Phi) is 4.28. The van der Waals surface area contributed by atoms with Gasteiger partial charge < -0.3 is 9.84 Å². The molecular formula is C21H21N5O3. The van der Waals surface area contributed by atoms with Crippen molar-refractivity contribution < 1.29 is 14.6 Å². The number of hydrogen-bond acceptors (Lipinski definition) is 6. The molecule has 2 aliphatic rings. The molecule has 0 spiro atoms. The van der Waals surface area contributed by atoms with Gasteiger partial charge in [0, 0.05) is 49.2 Å². The fraction of sp³-hybridized carbons (Fsp3) is 0.333. The lowest BCUT2D eigenvalue weighted by Gasteiger charge is -2.30. The van der Waals surface area contributed by atoms with Gasteiger partial charge in [-0.05, 0) is 36.6 Å². The number of carbonyl (C=O) groups excluding carboxylic acids is 1. The molecule has 2 aromatic heterocycles. The van der Waals surface area contributed by atoms with Gasteiger partial charge in [0.2, 0.25) is 5.91 Å². The van der Waals surface area contributed by atoms with Crippen molar-refractivity contribution in [1.29, 1.82) is 0 Å². The molecule has 0 atom stereocenters. The Balaban J connectivity index is 1.46. The predicted octanol–water partition coefficient (Wildman–Crippen LogP) is 2.32. The average molecular weight is 391 g/mol. The summed E-state index contributed by atoms with van der Waals surface area (Å²) in [4.78, 5) is 14.4. The first-order chi connectivity index (χ1) is 14.1. The maximum atomic E-state index is 12.6. The van der Waals surface area contributed by atoms with E-state index in [0.29, 0.717) is 36.7 Å². The van der Waals surface area contributed by atoms with Crippen LogP contribution in [0.2, 0.25) is 0 Å². The number of aryl methyl sites for hydroxylation is 1. The summed E-state index contributed by atoms with van der Waals surface area (Å²) in [7, 11) is 1.85. The van der Waals surface area contributed by atoms with Crippen LogP contribution in [0.4, 0.5) is 5.82 Å². The van der Waals surface area contributed by atoms with Gasteiger partial charge in [0.15, 0.2) is 5.82 Å². The Hall–Kier alpha value is -3.26. The molecule has 0 saturated carbocycles. The molecule has 0 bridgehead atoms. The average Bonchev–Trinajstić information content (AvgIpc) is 3.30. The van der Waals surface area contributed by atoms with Gasteiger partial charge in [-0.3, -0.25) is 14.4 Å². The number of fused-ring (bicyclic) bond motifs is 1. The molecule has 148 valence electrons. The van der Waals surface area contributed by atoms with Crippen molar-refractivity contribution in [2.24, 2.45) is 7.05 Å². The fourth-order valence-corrected chi connectivity index (χ4v) is 4.07. The summed E-state index contributed by atoms with van der Waals surface area (Å²) in [5, 5.41) is 23.4. The highest BCUT2D eigenvalue weighted by Gasteiger charge is 2.36. The molecule has 1 saturated heterocycles.